The molecule has 9 heteroatoms. The van der Waals surface area contributed by atoms with Gasteiger partial charge in [-0.15, -0.1) is 46.7 Å². The molecule has 0 saturated carbocycles. The number of rotatable bonds is 4. The van der Waals surface area contributed by atoms with E-state index in [4.69, 9.17) is 4.42 Å². The molecule has 1 saturated heterocycles. The zero-order chi connectivity index (χ0) is 17.8. The summed E-state index contributed by atoms with van der Waals surface area (Å²) in [7, 11) is 1.83. The average molecular weight is 515 g/mol. The molecular formula is C18H22IN5OS2. The fourth-order valence-corrected chi connectivity index (χ4v) is 4.43. The van der Waals surface area contributed by atoms with Crippen LogP contribution in [0, 0.1) is 0 Å². The lowest BCUT2D eigenvalue weighted by Gasteiger charge is -2.36. The molecule has 0 aliphatic carbocycles. The SMILES string of the molecule is CN=C(NCc1coc(-c2cccs2)n1)N1CCN(c2cccs2)CC1.I. The molecule has 0 amide bonds. The van der Waals surface area contributed by atoms with E-state index in [0.29, 0.717) is 12.4 Å². The number of thiophene rings is 2. The van der Waals surface area contributed by atoms with Crippen molar-refractivity contribution in [3.8, 4) is 10.8 Å². The van der Waals surface area contributed by atoms with E-state index in [1.165, 1.54) is 5.00 Å². The van der Waals surface area contributed by atoms with Gasteiger partial charge in [-0.25, -0.2) is 4.98 Å². The molecule has 144 valence electrons. The maximum absolute atomic E-state index is 5.58. The van der Waals surface area contributed by atoms with Crippen molar-refractivity contribution in [3.63, 3.8) is 0 Å². The topological polar surface area (TPSA) is 56.9 Å². The van der Waals surface area contributed by atoms with Crippen molar-refractivity contribution < 1.29 is 4.42 Å². The Morgan fingerprint density at radius 2 is 1.96 bits per heavy atom. The van der Waals surface area contributed by atoms with E-state index in [0.717, 1.165) is 42.7 Å². The molecule has 27 heavy (non-hydrogen) atoms. The Kier molecular flexibility index (Phi) is 7.13. The van der Waals surface area contributed by atoms with Crippen molar-refractivity contribution in [1.82, 2.24) is 15.2 Å². The summed E-state index contributed by atoms with van der Waals surface area (Å²) in [6.45, 7) is 4.53. The van der Waals surface area contributed by atoms with Crippen LogP contribution in [0.15, 0.2) is 50.7 Å². The second-order valence-corrected chi connectivity index (χ2v) is 7.82. The molecule has 1 aliphatic heterocycles. The van der Waals surface area contributed by atoms with Gasteiger partial charge in [0.25, 0.3) is 0 Å². The Balaban J connectivity index is 0.00000210. The van der Waals surface area contributed by atoms with E-state index in [2.05, 4.69) is 42.6 Å². The van der Waals surface area contributed by atoms with Gasteiger partial charge in [-0.1, -0.05) is 6.07 Å². The fourth-order valence-electron chi connectivity index (χ4n) is 2.99. The van der Waals surface area contributed by atoms with Crippen molar-refractivity contribution in [2.45, 2.75) is 6.54 Å². The molecule has 6 nitrogen and oxygen atoms in total. The van der Waals surface area contributed by atoms with Crippen LogP contribution in [0.4, 0.5) is 5.00 Å². The molecule has 4 rings (SSSR count). The third-order valence-corrected chi connectivity index (χ3v) is 6.11. The number of halogens is 1. The molecule has 0 spiro atoms. The Hall–Kier alpha value is -1.59. The molecule has 0 bridgehead atoms. The lowest BCUT2D eigenvalue weighted by molar-refractivity contribution is 0.373. The van der Waals surface area contributed by atoms with E-state index >= 15 is 0 Å². The van der Waals surface area contributed by atoms with Crippen molar-refractivity contribution in [3.05, 3.63) is 47.0 Å². The highest BCUT2D eigenvalue weighted by molar-refractivity contribution is 14.0. The van der Waals surface area contributed by atoms with Gasteiger partial charge in [0.1, 0.15) is 6.26 Å². The van der Waals surface area contributed by atoms with Crippen molar-refractivity contribution >= 4 is 57.6 Å². The quantitative estimate of drug-likeness (QED) is 0.324. The van der Waals surface area contributed by atoms with Crippen LogP contribution >= 0.6 is 46.7 Å². The number of anilines is 1. The highest BCUT2D eigenvalue weighted by Gasteiger charge is 2.20. The van der Waals surface area contributed by atoms with Gasteiger partial charge >= 0.3 is 0 Å². The molecular weight excluding hydrogens is 493 g/mol. The summed E-state index contributed by atoms with van der Waals surface area (Å²) >= 11 is 3.42. The van der Waals surface area contributed by atoms with Crippen LogP contribution < -0.4 is 10.2 Å². The summed E-state index contributed by atoms with van der Waals surface area (Å²) in [5.41, 5.74) is 0.881. The zero-order valence-electron chi connectivity index (χ0n) is 15.0. The zero-order valence-corrected chi connectivity index (χ0v) is 19.0. The fraction of sp³-hybridized carbons (Fsp3) is 0.333. The first kappa shape index (κ1) is 20.2. The minimum atomic E-state index is 0. The Morgan fingerprint density at radius 3 is 2.63 bits per heavy atom. The minimum Gasteiger partial charge on any atom is -0.443 e. The van der Waals surface area contributed by atoms with E-state index in [-0.39, 0.29) is 24.0 Å². The average Bonchev–Trinajstić information content (AvgIpc) is 3.43. The molecule has 3 aromatic rings. The molecule has 0 aromatic carbocycles. The third kappa shape index (κ3) is 4.82. The first-order valence-electron chi connectivity index (χ1n) is 8.56. The monoisotopic (exact) mass is 515 g/mol. The van der Waals surface area contributed by atoms with Crippen LogP contribution in [0.5, 0.6) is 0 Å². The molecule has 0 atom stereocenters. The normalized spacial score (nSPS) is 14.9. The molecule has 1 N–H and O–H groups in total. The highest BCUT2D eigenvalue weighted by Crippen LogP contribution is 2.24. The van der Waals surface area contributed by atoms with Crippen molar-refractivity contribution in [2.24, 2.45) is 4.99 Å². The summed E-state index contributed by atoms with van der Waals surface area (Å²) in [6.07, 6.45) is 1.71. The number of oxazole rings is 1. The largest absolute Gasteiger partial charge is 0.443 e. The van der Waals surface area contributed by atoms with Gasteiger partial charge < -0.3 is 19.5 Å². The molecule has 3 aromatic heterocycles. The number of nitrogens with zero attached hydrogens (tertiary/aromatic N) is 4. The first-order valence-corrected chi connectivity index (χ1v) is 10.3. The Morgan fingerprint density at radius 1 is 1.19 bits per heavy atom. The first-order chi connectivity index (χ1) is 12.8. The van der Waals surface area contributed by atoms with Crippen LogP contribution in [0.2, 0.25) is 0 Å². The van der Waals surface area contributed by atoms with E-state index < -0.39 is 0 Å². The molecule has 1 aliphatic rings. The van der Waals surface area contributed by atoms with Crippen LogP contribution in [0.1, 0.15) is 5.69 Å². The van der Waals surface area contributed by atoms with Gasteiger partial charge in [0.15, 0.2) is 5.96 Å². The van der Waals surface area contributed by atoms with Gasteiger partial charge in [0.2, 0.25) is 5.89 Å². The van der Waals surface area contributed by atoms with Gasteiger partial charge in [-0.05, 0) is 29.0 Å². The van der Waals surface area contributed by atoms with Crippen LogP contribution in [0.25, 0.3) is 10.8 Å². The van der Waals surface area contributed by atoms with Crippen LogP contribution in [0.3, 0.4) is 0 Å². The number of nitrogens with one attached hydrogen (secondary N) is 1. The highest BCUT2D eigenvalue weighted by atomic mass is 127. The number of guanidine groups is 1. The summed E-state index contributed by atoms with van der Waals surface area (Å²) in [4.78, 5) is 14.8. The summed E-state index contributed by atoms with van der Waals surface area (Å²) in [5.74, 6) is 1.59. The smallest absolute Gasteiger partial charge is 0.236 e. The summed E-state index contributed by atoms with van der Waals surface area (Å²) in [5, 5.41) is 8.90. The van der Waals surface area contributed by atoms with Gasteiger partial charge in [-0.3, -0.25) is 4.99 Å². The van der Waals surface area contributed by atoms with E-state index in [1.807, 2.05) is 24.6 Å². The van der Waals surface area contributed by atoms with E-state index in [9.17, 15) is 0 Å². The molecule has 0 unspecified atom stereocenters. The van der Waals surface area contributed by atoms with Gasteiger partial charge in [-0.2, -0.15) is 0 Å². The number of hydrogen-bond donors (Lipinski definition) is 1. The second kappa shape index (κ2) is 9.56. The Labute approximate surface area is 183 Å². The molecule has 4 heterocycles. The second-order valence-electron chi connectivity index (χ2n) is 5.95. The van der Waals surface area contributed by atoms with Crippen LogP contribution in [-0.2, 0) is 6.54 Å². The standard InChI is InChI=1S/C18H21N5OS2.HI/c1-19-18(23-8-6-22(7-9-23)16-5-3-11-26-16)20-12-14-13-24-17(21-14)15-4-2-10-25-15;/h2-5,10-11,13H,6-9,12H2,1H3,(H,19,20);1H. The third-order valence-electron chi connectivity index (χ3n) is 4.32. The van der Waals surface area contributed by atoms with Gasteiger partial charge in [0.05, 0.1) is 22.1 Å². The van der Waals surface area contributed by atoms with Crippen molar-refractivity contribution in [1.29, 1.82) is 0 Å². The summed E-state index contributed by atoms with van der Waals surface area (Å²) in [6, 6.07) is 8.30. The predicted octanol–water partition coefficient (Wildman–Crippen LogP) is 3.98. The van der Waals surface area contributed by atoms with Crippen LogP contribution in [-0.4, -0.2) is 49.1 Å². The minimum absolute atomic E-state index is 0. The number of piperazine rings is 1. The van der Waals surface area contributed by atoms with Gasteiger partial charge in [0, 0.05) is 33.2 Å². The number of aliphatic imine (C=N–C) groups is 1. The van der Waals surface area contributed by atoms with E-state index in [1.54, 1.807) is 28.9 Å². The van der Waals surface area contributed by atoms with Crippen molar-refractivity contribution in [2.75, 3.05) is 38.1 Å². The lowest BCUT2D eigenvalue weighted by atomic mass is 10.3. The maximum atomic E-state index is 5.58. The number of aromatic nitrogens is 1. The lowest BCUT2D eigenvalue weighted by Crippen LogP contribution is -2.52. The Bertz CT molecular complexity index is 839. The number of hydrogen-bond acceptors (Lipinski definition) is 6. The predicted molar refractivity (Wildman–Crippen MR) is 124 cm³/mol. The molecule has 1 fully saturated rings. The summed E-state index contributed by atoms with van der Waals surface area (Å²) < 4.78 is 5.58. The molecule has 0 radical (unpaired) electrons. The maximum Gasteiger partial charge on any atom is 0.236 e.